The van der Waals surface area contributed by atoms with Crippen LogP contribution in [0.25, 0.3) is 0 Å². The Hall–Kier alpha value is -1.07. The van der Waals surface area contributed by atoms with Crippen molar-refractivity contribution in [1.82, 2.24) is 4.98 Å². The number of hydrogen-bond donors (Lipinski definition) is 0. The van der Waals surface area contributed by atoms with Crippen molar-refractivity contribution in [2.24, 2.45) is 17.8 Å². The predicted molar refractivity (Wildman–Crippen MR) is 73.8 cm³/mol. The molecule has 4 bridgehead atoms. The van der Waals surface area contributed by atoms with Crippen LogP contribution in [0.3, 0.4) is 0 Å². The lowest BCUT2D eigenvalue weighted by Gasteiger charge is -2.57. The van der Waals surface area contributed by atoms with Crippen molar-refractivity contribution in [3.05, 3.63) is 28.5 Å². The van der Waals surface area contributed by atoms with Crippen LogP contribution in [0.15, 0.2) is 12.3 Å². The maximum absolute atomic E-state index is 9.15. The molecule has 4 saturated carbocycles. The molecule has 98 valence electrons. The molecule has 0 aromatic carbocycles. The summed E-state index contributed by atoms with van der Waals surface area (Å²) in [6.45, 7) is 0. The van der Waals surface area contributed by atoms with E-state index in [1.165, 1.54) is 44.1 Å². The van der Waals surface area contributed by atoms with Gasteiger partial charge in [-0.1, -0.05) is 11.6 Å². The molecule has 0 spiro atoms. The zero-order valence-corrected chi connectivity index (χ0v) is 11.7. The van der Waals surface area contributed by atoms with Crippen molar-refractivity contribution in [3.63, 3.8) is 0 Å². The average molecular weight is 273 g/mol. The zero-order valence-electron chi connectivity index (χ0n) is 10.9. The number of aromatic nitrogens is 1. The minimum Gasteiger partial charge on any atom is -0.243 e. The molecule has 19 heavy (non-hydrogen) atoms. The Morgan fingerprint density at radius 2 is 1.74 bits per heavy atom. The van der Waals surface area contributed by atoms with Crippen LogP contribution in [-0.2, 0) is 5.41 Å². The van der Waals surface area contributed by atoms with Gasteiger partial charge >= 0.3 is 0 Å². The lowest BCUT2D eigenvalue weighted by molar-refractivity contribution is -0.00534. The van der Waals surface area contributed by atoms with Crippen molar-refractivity contribution in [2.75, 3.05) is 0 Å². The van der Waals surface area contributed by atoms with Gasteiger partial charge in [0, 0.05) is 6.20 Å². The van der Waals surface area contributed by atoms with Crippen LogP contribution in [0.5, 0.6) is 0 Å². The van der Waals surface area contributed by atoms with E-state index in [0.29, 0.717) is 16.1 Å². The number of pyridine rings is 1. The van der Waals surface area contributed by atoms with E-state index in [-0.39, 0.29) is 0 Å². The van der Waals surface area contributed by atoms with E-state index in [1.54, 1.807) is 0 Å². The molecule has 4 aliphatic rings. The number of nitriles is 1. The third-order valence-electron chi connectivity index (χ3n) is 5.61. The van der Waals surface area contributed by atoms with Crippen molar-refractivity contribution in [2.45, 2.75) is 43.9 Å². The van der Waals surface area contributed by atoms with Crippen molar-refractivity contribution < 1.29 is 0 Å². The highest BCUT2D eigenvalue weighted by Crippen LogP contribution is 2.60. The number of hydrogen-bond acceptors (Lipinski definition) is 2. The maximum Gasteiger partial charge on any atom is 0.146 e. The second-order valence-electron chi connectivity index (χ2n) is 6.87. The molecule has 1 heterocycles. The molecule has 5 rings (SSSR count). The summed E-state index contributed by atoms with van der Waals surface area (Å²) < 4.78 is 0. The van der Waals surface area contributed by atoms with E-state index < -0.39 is 0 Å². The molecular weight excluding hydrogens is 256 g/mol. The zero-order chi connectivity index (χ0) is 13.0. The lowest BCUT2D eigenvalue weighted by Crippen LogP contribution is -2.48. The molecule has 2 nitrogen and oxygen atoms in total. The Morgan fingerprint density at radius 3 is 2.26 bits per heavy atom. The van der Waals surface area contributed by atoms with Crippen LogP contribution < -0.4 is 0 Å². The first-order valence-corrected chi connectivity index (χ1v) is 7.62. The molecule has 0 N–H and O–H groups in total. The molecule has 1 aromatic heterocycles. The first-order valence-electron chi connectivity index (χ1n) is 7.25. The summed E-state index contributed by atoms with van der Waals surface area (Å²) in [5, 5.41) is 9.49. The van der Waals surface area contributed by atoms with Crippen LogP contribution in [0.1, 0.15) is 49.7 Å². The van der Waals surface area contributed by atoms with Gasteiger partial charge in [-0.2, -0.15) is 5.26 Å². The van der Waals surface area contributed by atoms with E-state index in [4.69, 9.17) is 16.9 Å². The van der Waals surface area contributed by atoms with Crippen LogP contribution in [0.2, 0.25) is 5.15 Å². The Labute approximate surface area is 118 Å². The van der Waals surface area contributed by atoms with E-state index >= 15 is 0 Å². The van der Waals surface area contributed by atoms with Crippen LogP contribution >= 0.6 is 11.6 Å². The second-order valence-corrected chi connectivity index (χ2v) is 7.23. The molecule has 1 aromatic rings. The highest BCUT2D eigenvalue weighted by Gasteiger charge is 2.51. The SMILES string of the molecule is N#Cc1cc(C23CC4CC(CC(C4)C2)C3)cnc1Cl. The molecule has 0 atom stereocenters. The summed E-state index contributed by atoms with van der Waals surface area (Å²) in [6, 6.07) is 4.18. The van der Waals surface area contributed by atoms with Crippen LogP contribution in [0, 0.1) is 29.1 Å². The Kier molecular flexibility index (Phi) is 2.45. The first kappa shape index (κ1) is 11.7. The fourth-order valence-electron chi connectivity index (χ4n) is 5.28. The monoisotopic (exact) mass is 272 g/mol. The first-order chi connectivity index (χ1) is 9.18. The summed E-state index contributed by atoms with van der Waals surface area (Å²) in [5.41, 5.74) is 2.11. The van der Waals surface area contributed by atoms with E-state index in [0.717, 1.165) is 17.8 Å². The van der Waals surface area contributed by atoms with Gasteiger partial charge in [0.1, 0.15) is 11.2 Å². The number of rotatable bonds is 1. The standard InChI is InChI=1S/C16H17ClN2/c17-15-13(8-18)4-14(9-19-15)16-5-10-1-11(6-16)3-12(2-10)7-16/h4,9-12H,1-3,5-7H2. The van der Waals surface area contributed by atoms with E-state index in [1.807, 2.05) is 12.3 Å². The average Bonchev–Trinajstić information content (AvgIpc) is 2.37. The van der Waals surface area contributed by atoms with Crippen LogP contribution in [0.4, 0.5) is 0 Å². The normalized spacial score (nSPS) is 39.3. The quantitative estimate of drug-likeness (QED) is 0.723. The summed E-state index contributed by atoms with van der Waals surface area (Å²) >= 11 is 5.97. The summed E-state index contributed by atoms with van der Waals surface area (Å²) in [7, 11) is 0. The van der Waals surface area contributed by atoms with Crippen molar-refractivity contribution in [1.29, 1.82) is 5.26 Å². The summed E-state index contributed by atoms with van der Waals surface area (Å²) in [6.07, 6.45) is 10.1. The molecule has 0 aliphatic heterocycles. The molecular formula is C16H17ClN2. The largest absolute Gasteiger partial charge is 0.243 e. The minimum atomic E-state index is 0.304. The topological polar surface area (TPSA) is 36.7 Å². The predicted octanol–water partition coefficient (Wildman–Crippen LogP) is 4.07. The van der Waals surface area contributed by atoms with Gasteiger partial charge in [0.05, 0.1) is 5.56 Å². The fourth-order valence-corrected chi connectivity index (χ4v) is 5.43. The maximum atomic E-state index is 9.15. The Bertz CT molecular complexity index is 537. The molecule has 0 radical (unpaired) electrons. The van der Waals surface area contributed by atoms with Gasteiger partial charge in [-0.25, -0.2) is 4.98 Å². The Morgan fingerprint density at radius 1 is 1.16 bits per heavy atom. The third-order valence-corrected chi connectivity index (χ3v) is 5.91. The molecule has 0 saturated heterocycles. The highest BCUT2D eigenvalue weighted by atomic mass is 35.5. The molecule has 0 unspecified atom stereocenters. The number of nitrogens with zero attached hydrogens (tertiary/aromatic N) is 2. The smallest absolute Gasteiger partial charge is 0.146 e. The molecule has 3 heteroatoms. The van der Waals surface area contributed by atoms with Gasteiger partial charge in [-0.3, -0.25) is 0 Å². The summed E-state index contributed by atoms with van der Waals surface area (Å²) in [4.78, 5) is 4.25. The molecule has 0 amide bonds. The summed E-state index contributed by atoms with van der Waals surface area (Å²) in [5.74, 6) is 2.73. The van der Waals surface area contributed by atoms with Crippen molar-refractivity contribution in [3.8, 4) is 6.07 Å². The van der Waals surface area contributed by atoms with Gasteiger partial charge in [-0.15, -0.1) is 0 Å². The van der Waals surface area contributed by atoms with E-state index in [9.17, 15) is 0 Å². The molecule has 4 aliphatic carbocycles. The van der Waals surface area contributed by atoms with Gasteiger partial charge < -0.3 is 0 Å². The highest BCUT2D eigenvalue weighted by molar-refractivity contribution is 6.30. The third kappa shape index (κ3) is 1.71. The lowest BCUT2D eigenvalue weighted by atomic mass is 9.48. The van der Waals surface area contributed by atoms with Gasteiger partial charge in [0.25, 0.3) is 0 Å². The second kappa shape index (κ2) is 3.96. The Balaban J connectivity index is 1.78. The van der Waals surface area contributed by atoms with Gasteiger partial charge in [0.15, 0.2) is 0 Å². The minimum absolute atomic E-state index is 0.304. The van der Waals surface area contributed by atoms with E-state index in [2.05, 4.69) is 11.1 Å². The fraction of sp³-hybridized carbons (Fsp3) is 0.625. The van der Waals surface area contributed by atoms with Gasteiger partial charge in [0.2, 0.25) is 0 Å². The van der Waals surface area contributed by atoms with Crippen molar-refractivity contribution >= 4 is 11.6 Å². The number of halogens is 1. The molecule has 4 fully saturated rings. The van der Waals surface area contributed by atoms with Crippen LogP contribution in [-0.4, -0.2) is 4.98 Å². The van der Waals surface area contributed by atoms with Gasteiger partial charge in [-0.05, 0) is 73.3 Å².